The van der Waals surface area contributed by atoms with Crippen molar-refractivity contribution in [3.63, 3.8) is 0 Å². The highest BCUT2D eigenvalue weighted by Crippen LogP contribution is 2.24. The van der Waals surface area contributed by atoms with Crippen LogP contribution in [0.5, 0.6) is 0 Å². The lowest BCUT2D eigenvalue weighted by Gasteiger charge is -2.29. The molecule has 0 amide bonds. The van der Waals surface area contributed by atoms with Gasteiger partial charge in [-0.15, -0.1) is 0 Å². The number of hydrogen-bond donors (Lipinski definition) is 2. The zero-order valence-corrected chi connectivity index (χ0v) is 11.2. The topological polar surface area (TPSA) is 94.2 Å². The number of nitrogens with one attached hydrogen (secondary N) is 2. The Balaban J connectivity index is 2.09. The van der Waals surface area contributed by atoms with Gasteiger partial charge in [0, 0.05) is 20.7 Å². The van der Waals surface area contributed by atoms with Gasteiger partial charge in [0.05, 0.1) is 12.1 Å². The second kappa shape index (κ2) is 5.54. The highest BCUT2D eigenvalue weighted by atomic mass is 16.6. The van der Waals surface area contributed by atoms with Crippen LogP contribution in [0.3, 0.4) is 0 Å². The third-order valence-corrected chi connectivity index (χ3v) is 3.44. The van der Waals surface area contributed by atoms with Crippen LogP contribution in [0.2, 0.25) is 0 Å². The van der Waals surface area contributed by atoms with Gasteiger partial charge < -0.3 is 25.5 Å². The summed E-state index contributed by atoms with van der Waals surface area (Å²) in [5.74, 6) is 0.280. The summed E-state index contributed by atoms with van der Waals surface area (Å²) in [4.78, 5) is 14.2. The Bertz CT molecular complexity index is 453. The first-order valence-corrected chi connectivity index (χ1v) is 6.21. The molecule has 1 fully saturated rings. The van der Waals surface area contributed by atoms with Crippen LogP contribution in [-0.4, -0.2) is 46.8 Å². The summed E-state index contributed by atoms with van der Waals surface area (Å²) in [6.45, 7) is 2.09. The molecule has 0 bridgehead atoms. The average molecular weight is 269 g/mol. The molecule has 0 aromatic carbocycles. The summed E-state index contributed by atoms with van der Waals surface area (Å²) in [7, 11) is 3.39. The number of methoxy groups -OCH3 is 1. The first-order valence-electron chi connectivity index (χ1n) is 6.21. The van der Waals surface area contributed by atoms with Crippen molar-refractivity contribution in [3.05, 3.63) is 16.4 Å². The standard InChI is InChI=1S/C11H19N5O3/c1-15-8-13-10(16(17)18)9(15)12-6-11(7-19-2)4-3-5-14-11/h8,12,14H,3-7H2,1-2H3. The molecule has 8 nitrogen and oxygen atoms in total. The molecule has 2 heterocycles. The van der Waals surface area contributed by atoms with Gasteiger partial charge in [-0.2, -0.15) is 0 Å². The molecule has 1 saturated heterocycles. The number of aromatic nitrogens is 2. The Kier molecular flexibility index (Phi) is 4.01. The minimum Gasteiger partial charge on any atom is -0.383 e. The van der Waals surface area contributed by atoms with Crippen molar-refractivity contribution in [1.29, 1.82) is 0 Å². The monoisotopic (exact) mass is 269 g/mol. The van der Waals surface area contributed by atoms with E-state index >= 15 is 0 Å². The number of ether oxygens (including phenoxy) is 1. The minimum atomic E-state index is -0.479. The molecule has 1 atom stereocenters. The molecule has 1 aromatic heterocycles. The van der Waals surface area contributed by atoms with E-state index in [0.29, 0.717) is 19.0 Å². The SMILES string of the molecule is COCC1(CNc2c([N+](=O)[O-])ncn2C)CCCN1. The fraction of sp³-hybridized carbons (Fsp3) is 0.727. The van der Waals surface area contributed by atoms with Crippen LogP contribution >= 0.6 is 0 Å². The van der Waals surface area contributed by atoms with Gasteiger partial charge in [-0.1, -0.05) is 0 Å². The van der Waals surface area contributed by atoms with Crippen molar-refractivity contribution in [3.8, 4) is 0 Å². The first kappa shape index (κ1) is 13.8. The van der Waals surface area contributed by atoms with Crippen LogP contribution in [0, 0.1) is 10.1 Å². The predicted octanol–water partition coefficient (Wildman–Crippen LogP) is 0.509. The van der Waals surface area contributed by atoms with Gasteiger partial charge in [0.15, 0.2) is 0 Å². The van der Waals surface area contributed by atoms with E-state index < -0.39 is 4.92 Å². The smallest absolute Gasteiger partial charge is 0.383 e. The number of nitro groups is 1. The first-order chi connectivity index (χ1) is 9.08. The Morgan fingerprint density at radius 1 is 1.74 bits per heavy atom. The second-order valence-corrected chi connectivity index (χ2v) is 4.88. The molecule has 0 saturated carbocycles. The number of hydrogen-bond acceptors (Lipinski definition) is 6. The molecule has 2 N–H and O–H groups in total. The van der Waals surface area contributed by atoms with Crippen molar-refractivity contribution < 1.29 is 9.66 Å². The molecule has 1 aliphatic heterocycles. The highest BCUT2D eigenvalue weighted by molar-refractivity contribution is 5.52. The van der Waals surface area contributed by atoms with Gasteiger partial charge in [-0.05, 0) is 29.3 Å². The summed E-state index contributed by atoms with van der Waals surface area (Å²) in [6, 6.07) is 0. The number of aryl methyl sites for hydroxylation is 1. The zero-order chi connectivity index (χ0) is 13.9. The summed E-state index contributed by atoms with van der Waals surface area (Å²) in [6.07, 6.45) is 3.50. The van der Waals surface area contributed by atoms with E-state index in [9.17, 15) is 10.1 Å². The van der Waals surface area contributed by atoms with E-state index in [1.54, 1.807) is 18.7 Å². The van der Waals surface area contributed by atoms with Crippen LogP contribution < -0.4 is 10.6 Å². The predicted molar refractivity (Wildman–Crippen MR) is 70.2 cm³/mol. The third-order valence-electron chi connectivity index (χ3n) is 3.44. The second-order valence-electron chi connectivity index (χ2n) is 4.88. The van der Waals surface area contributed by atoms with E-state index in [0.717, 1.165) is 19.4 Å². The third kappa shape index (κ3) is 2.85. The van der Waals surface area contributed by atoms with Crippen LogP contribution in [0.15, 0.2) is 6.33 Å². The van der Waals surface area contributed by atoms with Crippen molar-refractivity contribution in [1.82, 2.24) is 14.9 Å². The molecule has 0 spiro atoms. The zero-order valence-electron chi connectivity index (χ0n) is 11.2. The number of nitrogens with zero attached hydrogens (tertiary/aromatic N) is 3. The molecule has 0 radical (unpaired) electrons. The van der Waals surface area contributed by atoms with Crippen molar-refractivity contribution in [2.45, 2.75) is 18.4 Å². The lowest BCUT2D eigenvalue weighted by molar-refractivity contribution is -0.388. The van der Waals surface area contributed by atoms with Gasteiger partial charge in [-0.25, -0.2) is 0 Å². The van der Waals surface area contributed by atoms with E-state index in [-0.39, 0.29) is 11.4 Å². The van der Waals surface area contributed by atoms with Gasteiger partial charge in [0.1, 0.15) is 0 Å². The molecule has 8 heteroatoms. The summed E-state index contributed by atoms with van der Waals surface area (Å²) < 4.78 is 6.87. The highest BCUT2D eigenvalue weighted by Gasteiger charge is 2.34. The molecule has 0 aliphatic carbocycles. The van der Waals surface area contributed by atoms with Crippen LogP contribution in [-0.2, 0) is 11.8 Å². The largest absolute Gasteiger partial charge is 0.406 e. The maximum absolute atomic E-state index is 10.9. The quantitative estimate of drug-likeness (QED) is 0.577. The van der Waals surface area contributed by atoms with Crippen LogP contribution in [0.1, 0.15) is 12.8 Å². The maximum Gasteiger partial charge on any atom is 0.406 e. The van der Waals surface area contributed by atoms with Crippen LogP contribution in [0.25, 0.3) is 0 Å². The lowest BCUT2D eigenvalue weighted by atomic mass is 9.99. The van der Waals surface area contributed by atoms with Crippen molar-refractivity contribution >= 4 is 11.6 Å². The van der Waals surface area contributed by atoms with Gasteiger partial charge >= 0.3 is 5.82 Å². The molecule has 1 aliphatic rings. The Morgan fingerprint density at radius 2 is 2.53 bits per heavy atom. The fourth-order valence-corrected chi connectivity index (χ4v) is 2.48. The van der Waals surface area contributed by atoms with E-state index in [1.807, 2.05) is 0 Å². The molecular formula is C11H19N5O3. The maximum atomic E-state index is 10.9. The van der Waals surface area contributed by atoms with Gasteiger partial charge in [0.2, 0.25) is 12.1 Å². The average Bonchev–Trinajstić information content (AvgIpc) is 2.95. The normalized spacial score (nSPS) is 22.6. The molecule has 106 valence electrons. The summed E-state index contributed by atoms with van der Waals surface area (Å²) in [5, 5.41) is 17.4. The molecule has 1 aromatic rings. The molecule has 1 unspecified atom stereocenters. The Hall–Kier alpha value is -1.67. The minimum absolute atomic E-state index is 0.145. The van der Waals surface area contributed by atoms with E-state index in [2.05, 4.69) is 15.6 Å². The lowest BCUT2D eigenvalue weighted by Crippen LogP contribution is -2.49. The molecule has 19 heavy (non-hydrogen) atoms. The van der Waals surface area contributed by atoms with E-state index in [1.165, 1.54) is 6.33 Å². The fourth-order valence-electron chi connectivity index (χ4n) is 2.48. The van der Waals surface area contributed by atoms with Crippen molar-refractivity contribution in [2.75, 3.05) is 32.1 Å². The summed E-state index contributed by atoms with van der Waals surface area (Å²) >= 11 is 0. The number of rotatable bonds is 6. The number of anilines is 1. The van der Waals surface area contributed by atoms with Crippen LogP contribution in [0.4, 0.5) is 11.6 Å². The van der Waals surface area contributed by atoms with E-state index in [4.69, 9.17) is 4.74 Å². The summed E-state index contributed by atoms with van der Waals surface area (Å²) in [5.41, 5.74) is -0.160. The Morgan fingerprint density at radius 3 is 3.11 bits per heavy atom. The van der Waals surface area contributed by atoms with Gasteiger partial charge in [0.25, 0.3) is 0 Å². The molecule has 2 rings (SSSR count). The molecular weight excluding hydrogens is 250 g/mol. The van der Waals surface area contributed by atoms with Gasteiger partial charge in [-0.3, -0.25) is 4.57 Å². The Labute approximate surface area is 111 Å². The number of imidazole rings is 1. The van der Waals surface area contributed by atoms with Crippen molar-refractivity contribution in [2.24, 2.45) is 7.05 Å².